The Balaban J connectivity index is 2.45. The van der Waals surface area contributed by atoms with Crippen LogP contribution < -0.4 is 5.32 Å². The standard InChI is InChI=1S/C18H37N/c1-5-7-10-17(6-2)13-18(11-8-9-12-18)15-19-14-16(3)4/h16-17,19H,5-15H2,1-4H3. The molecule has 0 bridgehead atoms. The summed E-state index contributed by atoms with van der Waals surface area (Å²) in [6.45, 7) is 11.8. The highest BCUT2D eigenvalue weighted by molar-refractivity contribution is 4.88. The van der Waals surface area contributed by atoms with Gasteiger partial charge in [-0.05, 0) is 43.1 Å². The molecule has 1 unspecified atom stereocenters. The van der Waals surface area contributed by atoms with Gasteiger partial charge in [0.2, 0.25) is 0 Å². The highest BCUT2D eigenvalue weighted by atomic mass is 14.9. The molecule has 1 N–H and O–H groups in total. The van der Waals surface area contributed by atoms with E-state index in [0.29, 0.717) is 5.41 Å². The van der Waals surface area contributed by atoms with Crippen LogP contribution in [0.15, 0.2) is 0 Å². The minimum Gasteiger partial charge on any atom is -0.316 e. The van der Waals surface area contributed by atoms with Gasteiger partial charge in [-0.25, -0.2) is 0 Å². The Morgan fingerprint density at radius 2 is 1.79 bits per heavy atom. The summed E-state index contributed by atoms with van der Waals surface area (Å²) < 4.78 is 0. The van der Waals surface area contributed by atoms with Crippen LogP contribution >= 0.6 is 0 Å². The van der Waals surface area contributed by atoms with Gasteiger partial charge >= 0.3 is 0 Å². The second kappa shape index (κ2) is 9.00. The zero-order valence-corrected chi connectivity index (χ0v) is 13.9. The number of rotatable bonds is 10. The molecule has 1 aliphatic rings. The van der Waals surface area contributed by atoms with Gasteiger partial charge in [0.1, 0.15) is 0 Å². The van der Waals surface area contributed by atoms with E-state index in [9.17, 15) is 0 Å². The first-order valence-corrected chi connectivity index (χ1v) is 8.82. The van der Waals surface area contributed by atoms with E-state index in [1.165, 1.54) is 70.9 Å². The monoisotopic (exact) mass is 267 g/mol. The average Bonchev–Trinajstić information content (AvgIpc) is 2.83. The molecule has 0 aromatic carbocycles. The van der Waals surface area contributed by atoms with E-state index in [-0.39, 0.29) is 0 Å². The molecule has 1 aliphatic carbocycles. The fourth-order valence-electron chi connectivity index (χ4n) is 3.76. The van der Waals surface area contributed by atoms with E-state index in [0.717, 1.165) is 11.8 Å². The summed E-state index contributed by atoms with van der Waals surface area (Å²) in [7, 11) is 0. The minimum absolute atomic E-state index is 0.642. The van der Waals surface area contributed by atoms with Crippen molar-refractivity contribution in [3.05, 3.63) is 0 Å². The van der Waals surface area contributed by atoms with E-state index in [4.69, 9.17) is 0 Å². The maximum absolute atomic E-state index is 3.75. The molecule has 1 rings (SSSR count). The molecule has 0 aromatic heterocycles. The van der Waals surface area contributed by atoms with Gasteiger partial charge < -0.3 is 5.32 Å². The third kappa shape index (κ3) is 6.29. The molecule has 1 saturated carbocycles. The lowest BCUT2D eigenvalue weighted by atomic mass is 9.75. The van der Waals surface area contributed by atoms with Gasteiger partial charge in [0.25, 0.3) is 0 Å². The van der Waals surface area contributed by atoms with Crippen LogP contribution in [0.4, 0.5) is 0 Å². The molecule has 0 heterocycles. The van der Waals surface area contributed by atoms with Crippen LogP contribution in [0.25, 0.3) is 0 Å². The topological polar surface area (TPSA) is 12.0 Å². The van der Waals surface area contributed by atoms with Gasteiger partial charge in [-0.2, -0.15) is 0 Å². The van der Waals surface area contributed by atoms with Gasteiger partial charge in [0, 0.05) is 6.54 Å². The summed E-state index contributed by atoms with van der Waals surface area (Å²) >= 11 is 0. The summed E-state index contributed by atoms with van der Waals surface area (Å²) in [4.78, 5) is 0. The van der Waals surface area contributed by atoms with Crippen molar-refractivity contribution in [2.24, 2.45) is 17.3 Å². The minimum atomic E-state index is 0.642. The molecule has 0 aliphatic heterocycles. The normalized spacial score (nSPS) is 20.1. The fraction of sp³-hybridized carbons (Fsp3) is 1.00. The molecule has 0 spiro atoms. The van der Waals surface area contributed by atoms with E-state index < -0.39 is 0 Å². The molecule has 1 nitrogen and oxygen atoms in total. The molecule has 1 atom stereocenters. The number of unbranched alkanes of at least 4 members (excludes halogenated alkanes) is 1. The summed E-state index contributed by atoms with van der Waals surface area (Å²) in [5.74, 6) is 1.75. The zero-order chi connectivity index (χ0) is 14.1. The van der Waals surface area contributed by atoms with Crippen LogP contribution in [-0.4, -0.2) is 13.1 Å². The number of hydrogen-bond acceptors (Lipinski definition) is 1. The number of nitrogens with one attached hydrogen (secondary N) is 1. The summed E-state index contributed by atoms with van der Waals surface area (Å²) in [5, 5.41) is 3.75. The van der Waals surface area contributed by atoms with Crippen molar-refractivity contribution in [1.29, 1.82) is 0 Å². The van der Waals surface area contributed by atoms with Crippen LogP contribution in [0.2, 0.25) is 0 Å². The molecule has 1 fully saturated rings. The predicted molar refractivity (Wildman–Crippen MR) is 86.5 cm³/mol. The van der Waals surface area contributed by atoms with E-state index in [1.807, 2.05) is 0 Å². The lowest BCUT2D eigenvalue weighted by Crippen LogP contribution is -2.35. The Hall–Kier alpha value is -0.0400. The zero-order valence-electron chi connectivity index (χ0n) is 13.9. The summed E-state index contributed by atoms with van der Waals surface area (Å²) in [6.07, 6.45) is 13.0. The molecule has 114 valence electrons. The molecule has 19 heavy (non-hydrogen) atoms. The van der Waals surface area contributed by atoms with E-state index in [1.54, 1.807) is 0 Å². The summed E-state index contributed by atoms with van der Waals surface area (Å²) in [5.41, 5.74) is 0.642. The van der Waals surface area contributed by atoms with Gasteiger partial charge in [0.05, 0.1) is 0 Å². The second-order valence-corrected chi connectivity index (χ2v) is 7.35. The van der Waals surface area contributed by atoms with Crippen molar-refractivity contribution in [2.45, 2.75) is 85.5 Å². The Morgan fingerprint density at radius 3 is 2.32 bits per heavy atom. The van der Waals surface area contributed by atoms with Crippen molar-refractivity contribution in [3.63, 3.8) is 0 Å². The van der Waals surface area contributed by atoms with E-state index >= 15 is 0 Å². The van der Waals surface area contributed by atoms with Gasteiger partial charge in [-0.1, -0.05) is 66.2 Å². The SMILES string of the molecule is CCCCC(CC)CC1(CNCC(C)C)CCCC1. The first kappa shape index (κ1) is 17.0. The lowest BCUT2D eigenvalue weighted by Gasteiger charge is -2.33. The van der Waals surface area contributed by atoms with Crippen molar-refractivity contribution in [1.82, 2.24) is 5.32 Å². The predicted octanol–water partition coefficient (Wildman–Crippen LogP) is 5.40. The molecule has 0 radical (unpaired) electrons. The van der Waals surface area contributed by atoms with Crippen molar-refractivity contribution < 1.29 is 0 Å². The second-order valence-electron chi connectivity index (χ2n) is 7.35. The highest BCUT2D eigenvalue weighted by Gasteiger charge is 2.35. The Morgan fingerprint density at radius 1 is 1.11 bits per heavy atom. The van der Waals surface area contributed by atoms with Crippen LogP contribution in [0.1, 0.15) is 85.5 Å². The first-order chi connectivity index (χ1) is 9.12. The Kier molecular flexibility index (Phi) is 8.06. The quantitative estimate of drug-likeness (QED) is 0.559. The Labute approximate surface area is 121 Å². The number of hydrogen-bond donors (Lipinski definition) is 1. The van der Waals surface area contributed by atoms with Crippen molar-refractivity contribution >= 4 is 0 Å². The smallest absolute Gasteiger partial charge is 0.000802 e. The maximum atomic E-state index is 3.75. The van der Waals surface area contributed by atoms with Crippen molar-refractivity contribution in [2.75, 3.05) is 13.1 Å². The van der Waals surface area contributed by atoms with E-state index in [2.05, 4.69) is 33.0 Å². The first-order valence-electron chi connectivity index (χ1n) is 8.82. The van der Waals surface area contributed by atoms with Crippen molar-refractivity contribution in [3.8, 4) is 0 Å². The summed E-state index contributed by atoms with van der Waals surface area (Å²) in [6, 6.07) is 0. The van der Waals surface area contributed by atoms with Crippen LogP contribution in [-0.2, 0) is 0 Å². The third-order valence-corrected chi connectivity index (χ3v) is 4.98. The lowest BCUT2D eigenvalue weighted by molar-refractivity contribution is 0.197. The Bertz CT molecular complexity index is 216. The van der Waals surface area contributed by atoms with Crippen LogP contribution in [0.3, 0.4) is 0 Å². The average molecular weight is 268 g/mol. The molecule has 1 heteroatoms. The van der Waals surface area contributed by atoms with Gasteiger partial charge in [0.15, 0.2) is 0 Å². The molecular weight excluding hydrogens is 230 g/mol. The molecule has 0 saturated heterocycles. The highest BCUT2D eigenvalue weighted by Crippen LogP contribution is 2.44. The molecule has 0 aromatic rings. The fourth-order valence-corrected chi connectivity index (χ4v) is 3.76. The van der Waals surface area contributed by atoms with Gasteiger partial charge in [-0.3, -0.25) is 0 Å². The molecule has 0 amide bonds. The van der Waals surface area contributed by atoms with Crippen LogP contribution in [0.5, 0.6) is 0 Å². The third-order valence-electron chi connectivity index (χ3n) is 4.98. The maximum Gasteiger partial charge on any atom is 0.000802 e. The van der Waals surface area contributed by atoms with Gasteiger partial charge in [-0.15, -0.1) is 0 Å². The van der Waals surface area contributed by atoms with Crippen LogP contribution in [0, 0.1) is 17.3 Å². The molecular formula is C18H37N. The largest absolute Gasteiger partial charge is 0.316 e.